The van der Waals surface area contributed by atoms with Crippen LogP contribution in [0.15, 0.2) is 47.4 Å². The van der Waals surface area contributed by atoms with E-state index in [1.54, 1.807) is 38.7 Å². The number of carbonyl (C=O) groups excluding carboxylic acids is 1. The number of rotatable bonds is 7. The molecule has 0 bridgehead atoms. The van der Waals surface area contributed by atoms with E-state index < -0.39 is 0 Å². The highest BCUT2D eigenvalue weighted by atomic mass is 16.5. The van der Waals surface area contributed by atoms with E-state index in [1.165, 1.54) is 6.20 Å². The van der Waals surface area contributed by atoms with Crippen LogP contribution in [0.2, 0.25) is 0 Å². The van der Waals surface area contributed by atoms with Gasteiger partial charge in [-0.3, -0.25) is 14.8 Å². The Hall–Kier alpha value is -4.11. The van der Waals surface area contributed by atoms with Crippen molar-refractivity contribution in [1.82, 2.24) is 24.7 Å². The standard InChI is InChI=1S/C25H23N5O4/c1-14-22(15(2)34-29-14)18-10-19-17(11-21(18)33-4)23-20(13-27-19)28-25(30(23)8-9-32-3)24(31)16-6-5-7-26-12-16/h5-7,10-13H,8-9H2,1-4H3. The molecule has 0 radical (unpaired) electrons. The normalized spacial score (nSPS) is 11.4. The Morgan fingerprint density at radius 1 is 1.15 bits per heavy atom. The van der Waals surface area contributed by atoms with Crippen molar-refractivity contribution in [3.63, 3.8) is 0 Å². The Morgan fingerprint density at radius 3 is 2.68 bits per heavy atom. The first-order valence-corrected chi connectivity index (χ1v) is 10.8. The predicted molar refractivity (Wildman–Crippen MR) is 126 cm³/mol. The van der Waals surface area contributed by atoms with Gasteiger partial charge in [0.2, 0.25) is 5.78 Å². The lowest BCUT2D eigenvalue weighted by molar-refractivity contribution is 0.102. The van der Waals surface area contributed by atoms with Crippen molar-refractivity contribution >= 4 is 27.7 Å². The van der Waals surface area contributed by atoms with Crippen LogP contribution in [0, 0.1) is 13.8 Å². The molecule has 0 saturated carbocycles. The minimum absolute atomic E-state index is 0.215. The number of hydrogen-bond donors (Lipinski definition) is 0. The van der Waals surface area contributed by atoms with Crippen LogP contribution < -0.4 is 4.74 Å². The Balaban J connectivity index is 1.78. The van der Waals surface area contributed by atoms with Crippen molar-refractivity contribution in [1.29, 1.82) is 0 Å². The number of pyridine rings is 2. The molecule has 0 N–H and O–H groups in total. The number of aryl methyl sites for hydroxylation is 2. The fourth-order valence-corrected chi connectivity index (χ4v) is 4.27. The van der Waals surface area contributed by atoms with Gasteiger partial charge in [0.25, 0.3) is 0 Å². The van der Waals surface area contributed by atoms with E-state index >= 15 is 0 Å². The molecule has 9 nitrogen and oxygen atoms in total. The molecule has 34 heavy (non-hydrogen) atoms. The number of aromatic nitrogens is 5. The first-order valence-electron chi connectivity index (χ1n) is 10.8. The number of imidazole rings is 1. The van der Waals surface area contributed by atoms with E-state index in [-0.39, 0.29) is 5.78 Å². The average molecular weight is 457 g/mol. The van der Waals surface area contributed by atoms with Crippen molar-refractivity contribution in [3.8, 4) is 16.9 Å². The number of ketones is 1. The topological polar surface area (TPSA) is 105 Å². The minimum atomic E-state index is -0.215. The molecular formula is C25H23N5O4. The molecule has 9 heteroatoms. The molecule has 0 aliphatic rings. The third kappa shape index (κ3) is 3.50. The fourth-order valence-electron chi connectivity index (χ4n) is 4.27. The van der Waals surface area contributed by atoms with E-state index in [0.29, 0.717) is 41.6 Å². The van der Waals surface area contributed by atoms with Gasteiger partial charge in [-0.05, 0) is 38.1 Å². The lowest BCUT2D eigenvalue weighted by atomic mass is 10.0. The second-order valence-corrected chi connectivity index (χ2v) is 7.91. The van der Waals surface area contributed by atoms with Crippen LogP contribution in [0.4, 0.5) is 0 Å². The zero-order chi connectivity index (χ0) is 23.8. The van der Waals surface area contributed by atoms with Gasteiger partial charge >= 0.3 is 0 Å². The highest BCUT2D eigenvalue weighted by Gasteiger charge is 2.23. The van der Waals surface area contributed by atoms with Crippen molar-refractivity contribution in [2.75, 3.05) is 20.8 Å². The molecule has 0 aliphatic heterocycles. The Morgan fingerprint density at radius 2 is 2.00 bits per heavy atom. The van der Waals surface area contributed by atoms with Gasteiger partial charge in [-0.1, -0.05) is 5.16 Å². The Labute approximate surface area is 195 Å². The number of ether oxygens (including phenoxy) is 2. The molecule has 0 aliphatic carbocycles. The maximum Gasteiger partial charge on any atom is 0.230 e. The van der Waals surface area contributed by atoms with Crippen LogP contribution in [-0.2, 0) is 11.3 Å². The third-order valence-corrected chi connectivity index (χ3v) is 5.84. The van der Waals surface area contributed by atoms with E-state index in [0.717, 1.165) is 33.2 Å². The number of benzene rings is 1. The van der Waals surface area contributed by atoms with Crippen LogP contribution in [-0.4, -0.2) is 51.3 Å². The molecule has 0 amide bonds. The largest absolute Gasteiger partial charge is 0.496 e. The van der Waals surface area contributed by atoms with Crippen LogP contribution in [0.3, 0.4) is 0 Å². The quantitative estimate of drug-likeness (QED) is 0.336. The number of nitrogens with zero attached hydrogens (tertiary/aromatic N) is 5. The highest BCUT2D eigenvalue weighted by Crippen LogP contribution is 2.39. The second kappa shape index (κ2) is 8.68. The van der Waals surface area contributed by atoms with Crippen LogP contribution >= 0.6 is 0 Å². The van der Waals surface area contributed by atoms with Crippen LogP contribution in [0.25, 0.3) is 33.1 Å². The van der Waals surface area contributed by atoms with Gasteiger partial charge in [0.1, 0.15) is 17.0 Å². The first kappa shape index (κ1) is 21.7. The van der Waals surface area contributed by atoms with Crippen LogP contribution in [0.1, 0.15) is 27.6 Å². The zero-order valence-corrected chi connectivity index (χ0v) is 19.3. The third-order valence-electron chi connectivity index (χ3n) is 5.84. The van der Waals surface area contributed by atoms with Gasteiger partial charge in [-0.2, -0.15) is 0 Å². The number of methoxy groups -OCH3 is 2. The number of carbonyl (C=O) groups is 1. The summed E-state index contributed by atoms with van der Waals surface area (Å²) in [5, 5.41) is 4.89. The molecular weight excluding hydrogens is 434 g/mol. The smallest absolute Gasteiger partial charge is 0.230 e. The summed E-state index contributed by atoms with van der Waals surface area (Å²) in [6.07, 6.45) is 4.85. The molecule has 5 rings (SSSR count). The molecule has 172 valence electrons. The molecule has 0 unspecified atom stereocenters. The van der Waals surface area contributed by atoms with Gasteiger partial charge in [0.15, 0.2) is 5.82 Å². The summed E-state index contributed by atoms with van der Waals surface area (Å²) in [4.78, 5) is 26.7. The van der Waals surface area contributed by atoms with Gasteiger partial charge in [-0.25, -0.2) is 4.98 Å². The van der Waals surface area contributed by atoms with Gasteiger partial charge in [-0.15, -0.1) is 0 Å². The van der Waals surface area contributed by atoms with E-state index in [9.17, 15) is 4.79 Å². The lowest BCUT2D eigenvalue weighted by Crippen LogP contribution is -2.14. The summed E-state index contributed by atoms with van der Waals surface area (Å²) in [6.45, 7) is 4.62. The average Bonchev–Trinajstić information content (AvgIpc) is 3.41. The summed E-state index contributed by atoms with van der Waals surface area (Å²) >= 11 is 0. The summed E-state index contributed by atoms with van der Waals surface area (Å²) < 4.78 is 18.3. The van der Waals surface area contributed by atoms with Gasteiger partial charge in [0.05, 0.1) is 42.2 Å². The van der Waals surface area contributed by atoms with Crippen molar-refractivity contribution < 1.29 is 18.8 Å². The summed E-state index contributed by atoms with van der Waals surface area (Å²) in [5.74, 6) is 1.44. The summed E-state index contributed by atoms with van der Waals surface area (Å²) in [7, 11) is 3.25. The predicted octanol–water partition coefficient (Wildman–Crippen LogP) is 4.14. The van der Waals surface area contributed by atoms with E-state index in [1.807, 2.05) is 30.5 Å². The molecule has 5 aromatic rings. The molecule has 0 fully saturated rings. The fraction of sp³-hybridized carbons (Fsp3) is 0.240. The van der Waals surface area contributed by atoms with Gasteiger partial charge < -0.3 is 18.6 Å². The van der Waals surface area contributed by atoms with E-state index in [2.05, 4.69) is 20.1 Å². The monoisotopic (exact) mass is 457 g/mol. The van der Waals surface area contributed by atoms with Crippen molar-refractivity contribution in [2.45, 2.75) is 20.4 Å². The number of hydrogen-bond acceptors (Lipinski definition) is 8. The maximum absolute atomic E-state index is 13.3. The number of fused-ring (bicyclic) bond motifs is 3. The Bertz CT molecular complexity index is 1500. The van der Waals surface area contributed by atoms with Crippen molar-refractivity contribution in [3.05, 3.63) is 65.7 Å². The summed E-state index contributed by atoms with van der Waals surface area (Å²) in [6, 6.07) is 7.34. The molecule has 1 aromatic carbocycles. The molecule has 4 heterocycles. The SMILES string of the molecule is COCCn1c(C(=O)c2cccnc2)nc2cnc3cc(-c4c(C)noc4C)c(OC)cc3c21. The molecule has 0 spiro atoms. The Kier molecular flexibility index (Phi) is 5.54. The molecule has 0 saturated heterocycles. The second-order valence-electron chi connectivity index (χ2n) is 7.91. The highest BCUT2D eigenvalue weighted by molar-refractivity contribution is 6.11. The molecule has 0 atom stereocenters. The van der Waals surface area contributed by atoms with Gasteiger partial charge in [0, 0.05) is 42.6 Å². The first-order chi connectivity index (χ1) is 16.5. The zero-order valence-electron chi connectivity index (χ0n) is 19.3. The van der Waals surface area contributed by atoms with E-state index in [4.69, 9.17) is 14.0 Å². The van der Waals surface area contributed by atoms with Crippen LogP contribution in [0.5, 0.6) is 5.75 Å². The lowest BCUT2D eigenvalue weighted by Gasteiger charge is -2.13. The maximum atomic E-state index is 13.3. The molecule has 4 aromatic heterocycles. The minimum Gasteiger partial charge on any atom is -0.496 e. The van der Waals surface area contributed by atoms with Crippen molar-refractivity contribution in [2.24, 2.45) is 0 Å². The summed E-state index contributed by atoms with van der Waals surface area (Å²) in [5.41, 5.74) is 5.09.